The van der Waals surface area contributed by atoms with Crippen molar-refractivity contribution in [3.8, 4) is 5.75 Å². The third-order valence-corrected chi connectivity index (χ3v) is 7.96. The van der Waals surface area contributed by atoms with Gasteiger partial charge >= 0.3 is 0 Å². The molecular weight excluding hydrogens is 516 g/mol. The Labute approximate surface area is 241 Å². The molecule has 3 aromatic carbocycles. The van der Waals surface area contributed by atoms with Gasteiger partial charge in [0.15, 0.2) is 0 Å². The normalized spacial score (nSPS) is 20.1. The van der Waals surface area contributed by atoms with Gasteiger partial charge in [-0.3, -0.25) is 14.4 Å². The van der Waals surface area contributed by atoms with Crippen LogP contribution in [0.3, 0.4) is 0 Å². The zero-order valence-electron chi connectivity index (χ0n) is 23.3. The van der Waals surface area contributed by atoms with Gasteiger partial charge in [-0.1, -0.05) is 78.9 Å². The second-order valence-corrected chi connectivity index (χ2v) is 10.6. The van der Waals surface area contributed by atoms with Crippen molar-refractivity contribution >= 4 is 17.7 Å². The van der Waals surface area contributed by atoms with E-state index in [-0.39, 0.29) is 55.4 Å². The lowest BCUT2D eigenvalue weighted by Gasteiger charge is -2.56. The van der Waals surface area contributed by atoms with Gasteiger partial charge in [0.25, 0.3) is 0 Å². The second kappa shape index (κ2) is 12.4. The Morgan fingerprint density at radius 2 is 1.63 bits per heavy atom. The Balaban J connectivity index is 1.51. The van der Waals surface area contributed by atoms with Crippen LogP contribution < -0.4 is 0 Å². The third-order valence-electron chi connectivity index (χ3n) is 7.96. The molecule has 3 aromatic rings. The van der Waals surface area contributed by atoms with Crippen LogP contribution in [0.4, 0.5) is 0 Å². The van der Waals surface area contributed by atoms with Crippen LogP contribution in [0.1, 0.15) is 36.1 Å². The fourth-order valence-electron chi connectivity index (χ4n) is 5.85. The highest BCUT2D eigenvalue weighted by atomic mass is 16.3. The van der Waals surface area contributed by atoms with E-state index >= 15 is 0 Å². The molecule has 0 aromatic heterocycles. The van der Waals surface area contributed by atoms with Crippen molar-refractivity contribution in [2.24, 2.45) is 0 Å². The molecule has 3 amide bonds. The number of phenolic OH excluding ortho intramolecular Hbond substituents is 1. The summed E-state index contributed by atoms with van der Waals surface area (Å²) >= 11 is 0. The van der Waals surface area contributed by atoms with E-state index in [0.29, 0.717) is 13.0 Å². The number of aromatic hydroxyl groups is 1. The van der Waals surface area contributed by atoms with Crippen LogP contribution in [0.25, 0.3) is 0 Å². The lowest BCUT2D eigenvalue weighted by molar-refractivity contribution is -0.206. The number of rotatable bonds is 9. The zero-order valence-corrected chi connectivity index (χ0v) is 23.3. The molecule has 0 bridgehead atoms. The van der Waals surface area contributed by atoms with E-state index in [4.69, 9.17) is 0 Å². The van der Waals surface area contributed by atoms with Gasteiger partial charge in [-0.2, -0.15) is 0 Å². The SMILES string of the molecule is C=CCN1CC(=O)N2[C@@H](Cc3ccc(O)cc3)C(=O)N([C@H](C)c3ccccc3)C[C@@H]2N1C(=O)CCc1ccccc1. The summed E-state index contributed by atoms with van der Waals surface area (Å²) in [6.45, 7) is 6.34. The van der Waals surface area contributed by atoms with Crippen molar-refractivity contribution in [1.82, 2.24) is 19.8 Å². The number of carbonyl (C=O) groups is 3. The monoisotopic (exact) mass is 552 g/mol. The minimum Gasteiger partial charge on any atom is -0.508 e. The van der Waals surface area contributed by atoms with Gasteiger partial charge in [0, 0.05) is 19.4 Å². The summed E-state index contributed by atoms with van der Waals surface area (Å²) < 4.78 is 0. The molecule has 0 aliphatic carbocycles. The van der Waals surface area contributed by atoms with Gasteiger partial charge in [0.05, 0.1) is 19.1 Å². The molecule has 0 unspecified atom stereocenters. The molecule has 0 spiro atoms. The van der Waals surface area contributed by atoms with E-state index in [9.17, 15) is 19.5 Å². The topological polar surface area (TPSA) is 84.4 Å². The highest BCUT2D eigenvalue weighted by Gasteiger charge is 2.51. The Morgan fingerprint density at radius 3 is 2.29 bits per heavy atom. The molecule has 2 saturated heterocycles. The largest absolute Gasteiger partial charge is 0.508 e. The van der Waals surface area contributed by atoms with Gasteiger partial charge in [0.1, 0.15) is 18.0 Å². The summed E-state index contributed by atoms with van der Waals surface area (Å²) in [5.41, 5.74) is 2.85. The fourth-order valence-corrected chi connectivity index (χ4v) is 5.85. The standard InChI is InChI=1S/C33H36N4O4/c1-3-20-34-23-32(40)36-29(21-26-14-17-28(38)18-15-26)33(41)35(24(2)27-12-8-5-9-13-27)22-30(36)37(34)31(39)19-16-25-10-6-4-7-11-25/h3-15,17-18,24,29-30,38H,1,16,19-23H2,2H3/t24-,29+,30+/m1/s1. The van der Waals surface area contributed by atoms with E-state index in [2.05, 4.69) is 6.58 Å². The lowest BCUT2D eigenvalue weighted by Crippen LogP contribution is -2.76. The average Bonchev–Trinajstić information content (AvgIpc) is 2.99. The van der Waals surface area contributed by atoms with Crippen LogP contribution in [0.15, 0.2) is 97.6 Å². The Morgan fingerprint density at radius 1 is 0.976 bits per heavy atom. The Kier molecular flexibility index (Phi) is 8.50. The smallest absolute Gasteiger partial charge is 0.246 e. The molecule has 2 heterocycles. The molecule has 212 valence electrons. The Bertz CT molecular complexity index is 1380. The predicted octanol–water partition coefficient (Wildman–Crippen LogP) is 3.94. The molecule has 0 saturated carbocycles. The number of aryl methyl sites for hydroxylation is 1. The molecule has 41 heavy (non-hydrogen) atoms. The van der Waals surface area contributed by atoms with Crippen molar-refractivity contribution < 1.29 is 19.5 Å². The quantitative estimate of drug-likeness (QED) is 0.407. The zero-order chi connectivity index (χ0) is 28.9. The first-order valence-electron chi connectivity index (χ1n) is 14.0. The van der Waals surface area contributed by atoms with Crippen molar-refractivity contribution in [3.05, 3.63) is 114 Å². The first-order valence-corrected chi connectivity index (χ1v) is 14.0. The number of amides is 3. The van der Waals surface area contributed by atoms with Crippen LogP contribution in [-0.2, 0) is 27.2 Å². The summed E-state index contributed by atoms with van der Waals surface area (Å²) in [6.07, 6.45) is 2.13. The predicted molar refractivity (Wildman–Crippen MR) is 156 cm³/mol. The van der Waals surface area contributed by atoms with E-state index in [0.717, 1.165) is 16.7 Å². The molecule has 5 rings (SSSR count). The van der Waals surface area contributed by atoms with E-state index in [1.54, 1.807) is 50.2 Å². The molecular formula is C33H36N4O4. The lowest BCUT2D eigenvalue weighted by atomic mass is 9.96. The molecule has 8 heteroatoms. The number of benzene rings is 3. The molecule has 0 radical (unpaired) electrons. The maximum absolute atomic E-state index is 14.2. The molecule has 1 N–H and O–H groups in total. The number of piperazine rings is 1. The van der Waals surface area contributed by atoms with Crippen molar-refractivity contribution in [1.29, 1.82) is 0 Å². The van der Waals surface area contributed by atoms with Crippen molar-refractivity contribution in [2.45, 2.75) is 44.4 Å². The molecule has 2 fully saturated rings. The first-order chi connectivity index (χ1) is 19.9. The summed E-state index contributed by atoms with van der Waals surface area (Å²) in [7, 11) is 0. The second-order valence-electron chi connectivity index (χ2n) is 10.6. The number of fused-ring (bicyclic) bond motifs is 1. The fraction of sp³-hybridized carbons (Fsp3) is 0.303. The third kappa shape index (κ3) is 6.02. The van der Waals surface area contributed by atoms with Gasteiger partial charge in [-0.05, 0) is 42.2 Å². The van der Waals surface area contributed by atoms with Gasteiger partial charge < -0.3 is 14.9 Å². The molecule has 3 atom stereocenters. The highest BCUT2D eigenvalue weighted by Crippen LogP contribution is 2.33. The number of nitrogens with zero attached hydrogens (tertiary/aromatic N) is 4. The molecule has 2 aliphatic heterocycles. The van der Waals surface area contributed by atoms with Crippen LogP contribution in [-0.4, -0.2) is 74.5 Å². The van der Waals surface area contributed by atoms with Gasteiger partial charge in [0.2, 0.25) is 17.7 Å². The first kappa shape index (κ1) is 28.1. The number of phenols is 1. The minimum atomic E-state index is -0.799. The van der Waals surface area contributed by atoms with Crippen LogP contribution in [0, 0.1) is 0 Å². The Hall–Kier alpha value is -4.43. The van der Waals surface area contributed by atoms with Crippen LogP contribution in [0.2, 0.25) is 0 Å². The summed E-state index contributed by atoms with van der Waals surface area (Å²) in [6, 6.07) is 25.2. The van der Waals surface area contributed by atoms with Crippen LogP contribution >= 0.6 is 0 Å². The van der Waals surface area contributed by atoms with Crippen molar-refractivity contribution in [3.63, 3.8) is 0 Å². The van der Waals surface area contributed by atoms with Crippen molar-refractivity contribution in [2.75, 3.05) is 19.6 Å². The molecule has 8 nitrogen and oxygen atoms in total. The highest BCUT2D eigenvalue weighted by molar-refractivity contribution is 5.92. The van der Waals surface area contributed by atoms with Gasteiger partial charge in [-0.15, -0.1) is 6.58 Å². The van der Waals surface area contributed by atoms with E-state index in [1.807, 2.05) is 67.6 Å². The number of hydrazine groups is 1. The van der Waals surface area contributed by atoms with Crippen LogP contribution in [0.5, 0.6) is 5.75 Å². The van der Waals surface area contributed by atoms with Gasteiger partial charge in [-0.25, -0.2) is 10.0 Å². The number of hydrogen-bond acceptors (Lipinski definition) is 5. The van der Waals surface area contributed by atoms with E-state index < -0.39 is 12.2 Å². The number of hydrogen-bond donors (Lipinski definition) is 1. The van der Waals surface area contributed by atoms with E-state index in [1.165, 1.54) is 0 Å². The number of carbonyl (C=O) groups excluding carboxylic acids is 3. The molecule has 2 aliphatic rings. The maximum Gasteiger partial charge on any atom is 0.246 e. The minimum absolute atomic E-state index is 0.0206. The summed E-state index contributed by atoms with van der Waals surface area (Å²) in [4.78, 5) is 45.2. The average molecular weight is 553 g/mol. The maximum atomic E-state index is 14.2. The summed E-state index contributed by atoms with van der Waals surface area (Å²) in [5, 5.41) is 13.2. The summed E-state index contributed by atoms with van der Waals surface area (Å²) in [5.74, 6) is -0.338.